The maximum atomic E-state index is 10.1. The highest BCUT2D eigenvalue weighted by atomic mass is 16.3. The largest absolute Gasteiger partial charge is 0.507 e. The summed E-state index contributed by atoms with van der Waals surface area (Å²) in [4.78, 5) is 4.59. The lowest BCUT2D eigenvalue weighted by Crippen LogP contribution is -2.32. The third-order valence-corrected chi connectivity index (χ3v) is 3.12. The molecule has 18 heavy (non-hydrogen) atoms. The SMILES string of the molecule is CCCN(CCN(C)C)Cc1cccc(C)c1O. The Morgan fingerprint density at radius 3 is 2.44 bits per heavy atom. The molecule has 0 radical (unpaired) electrons. The molecule has 0 bridgehead atoms. The summed E-state index contributed by atoms with van der Waals surface area (Å²) in [6.45, 7) is 8.12. The van der Waals surface area contributed by atoms with E-state index in [4.69, 9.17) is 0 Å². The maximum absolute atomic E-state index is 10.1. The van der Waals surface area contributed by atoms with Crippen LogP contribution in [0, 0.1) is 6.92 Å². The van der Waals surface area contributed by atoms with E-state index in [1.807, 2.05) is 25.1 Å². The van der Waals surface area contributed by atoms with E-state index in [0.717, 1.165) is 43.7 Å². The summed E-state index contributed by atoms with van der Waals surface area (Å²) in [5.41, 5.74) is 1.98. The van der Waals surface area contributed by atoms with E-state index >= 15 is 0 Å². The van der Waals surface area contributed by atoms with Crippen LogP contribution < -0.4 is 0 Å². The van der Waals surface area contributed by atoms with Crippen LogP contribution in [0.2, 0.25) is 0 Å². The Bertz CT molecular complexity index is 364. The normalized spacial score (nSPS) is 11.4. The van der Waals surface area contributed by atoms with Crippen LogP contribution in [-0.2, 0) is 6.54 Å². The van der Waals surface area contributed by atoms with Crippen molar-refractivity contribution in [1.29, 1.82) is 0 Å². The van der Waals surface area contributed by atoms with Gasteiger partial charge in [-0.3, -0.25) is 4.90 Å². The van der Waals surface area contributed by atoms with Crippen LogP contribution in [-0.4, -0.2) is 48.6 Å². The summed E-state index contributed by atoms with van der Waals surface area (Å²) >= 11 is 0. The predicted octanol–water partition coefficient (Wildman–Crippen LogP) is 2.47. The van der Waals surface area contributed by atoms with Gasteiger partial charge in [0.05, 0.1) is 0 Å². The monoisotopic (exact) mass is 250 g/mol. The molecule has 0 fully saturated rings. The van der Waals surface area contributed by atoms with Gasteiger partial charge in [0.15, 0.2) is 0 Å². The zero-order valence-electron chi connectivity index (χ0n) is 12.1. The molecular formula is C15H26N2O. The quantitative estimate of drug-likeness (QED) is 0.805. The van der Waals surface area contributed by atoms with Crippen molar-refractivity contribution < 1.29 is 5.11 Å². The number of phenols is 1. The fourth-order valence-corrected chi connectivity index (χ4v) is 2.02. The molecule has 0 saturated carbocycles. The minimum absolute atomic E-state index is 0.448. The van der Waals surface area contributed by atoms with E-state index in [1.165, 1.54) is 0 Å². The Morgan fingerprint density at radius 2 is 1.83 bits per heavy atom. The standard InChI is InChI=1S/C15H26N2O/c1-5-9-17(11-10-16(3)4)12-14-8-6-7-13(2)15(14)18/h6-8,18H,5,9-12H2,1-4H3. The van der Waals surface area contributed by atoms with E-state index < -0.39 is 0 Å². The zero-order chi connectivity index (χ0) is 13.5. The molecule has 0 aliphatic rings. The molecule has 0 heterocycles. The number of hydrogen-bond acceptors (Lipinski definition) is 3. The number of phenolic OH excluding ortho intramolecular Hbond substituents is 1. The summed E-state index contributed by atoms with van der Waals surface area (Å²) < 4.78 is 0. The minimum atomic E-state index is 0.448. The number of rotatable bonds is 7. The van der Waals surface area contributed by atoms with Crippen molar-refractivity contribution in [3.8, 4) is 5.75 Å². The van der Waals surface area contributed by atoms with Crippen molar-refractivity contribution in [3.63, 3.8) is 0 Å². The molecule has 0 aromatic heterocycles. The van der Waals surface area contributed by atoms with Crippen LogP contribution in [0.5, 0.6) is 5.75 Å². The second-order valence-corrected chi connectivity index (χ2v) is 5.16. The molecule has 0 amide bonds. The molecule has 3 nitrogen and oxygen atoms in total. The molecule has 1 rings (SSSR count). The van der Waals surface area contributed by atoms with Crippen molar-refractivity contribution >= 4 is 0 Å². The summed E-state index contributed by atoms with van der Waals surface area (Å²) in [5.74, 6) is 0.448. The van der Waals surface area contributed by atoms with E-state index in [2.05, 4.69) is 30.8 Å². The zero-order valence-corrected chi connectivity index (χ0v) is 12.1. The third-order valence-electron chi connectivity index (χ3n) is 3.12. The van der Waals surface area contributed by atoms with Crippen LogP contribution in [0.15, 0.2) is 18.2 Å². The molecule has 0 aliphatic carbocycles. The molecule has 1 N–H and O–H groups in total. The van der Waals surface area contributed by atoms with Gasteiger partial charge in [-0.25, -0.2) is 0 Å². The Balaban J connectivity index is 2.67. The summed E-state index contributed by atoms with van der Waals surface area (Å²) in [7, 11) is 4.18. The van der Waals surface area contributed by atoms with Gasteiger partial charge in [-0.2, -0.15) is 0 Å². The van der Waals surface area contributed by atoms with Gasteiger partial charge in [0.2, 0.25) is 0 Å². The van der Waals surface area contributed by atoms with Crippen LogP contribution in [0.3, 0.4) is 0 Å². The number of hydrogen-bond donors (Lipinski definition) is 1. The predicted molar refractivity (Wildman–Crippen MR) is 77.0 cm³/mol. The Kier molecular flexibility index (Phi) is 6.16. The lowest BCUT2D eigenvalue weighted by molar-refractivity contribution is 0.231. The van der Waals surface area contributed by atoms with Crippen molar-refractivity contribution in [1.82, 2.24) is 9.80 Å². The minimum Gasteiger partial charge on any atom is -0.507 e. The van der Waals surface area contributed by atoms with E-state index in [0.29, 0.717) is 5.75 Å². The van der Waals surface area contributed by atoms with Gasteiger partial charge in [-0.15, -0.1) is 0 Å². The Labute approximate surface area is 111 Å². The van der Waals surface area contributed by atoms with E-state index in [-0.39, 0.29) is 0 Å². The van der Waals surface area contributed by atoms with E-state index in [1.54, 1.807) is 0 Å². The smallest absolute Gasteiger partial charge is 0.122 e. The number of nitrogens with zero attached hydrogens (tertiary/aromatic N) is 2. The second-order valence-electron chi connectivity index (χ2n) is 5.16. The molecule has 1 aromatic rings. The van der Waals surface area contributed by atoms with Crippen molar-refractivity contribution in [2.45, 2.75) is 26.8 Å². The van der Waals surface area contributed by atoms with E-state index in [9.17, 15) is 5.11 Å². The first-order chi connectivity index (χ1) is 8.54. The van der Waals surface area contributed by atoms with Crippen molar-refractivity contribution in [2.75, 3.05) is 33.7 Å². The first-order valence-corrected chi connectivity index (χ1v) is 6.69. The number of aryl methyl sites for hydroxylation is 1. The van der Waals surface area contributed by atoms with Crippen LogP contribution in [0.1, 0.15) is 24.5 Å². The molecule has 0 spiro atoms. The second kappa shape index (κ2) is 7.39. The Morgan fingerprint density at radius 1 is 1.11 bits per heavy atom. The molecular weight excluding hydrogens is 224 g/mol. The van der Waals surface area contributed by atoms with Gasteiger partial charge < -0.3 is 10.0 Å². The Hall–Kier alpha value is -1.06. The highest BCUT2D eigenvalue weighted by molar-refractivity contribution is 5.39. The lowest BCUT2D eigenvalue weighted by Gasteiger charge is -2.24. The lowest BCUT2D eigenvalue weighted by atomic mass is 10.1. The van der Waals surface area contributed by atoms with Gasteiger partial charge in [-0.05, 0) is 39.5 Å². The molecule has 0 aliphatic heterocycles. The molecule has 3 heteroatoms. The van der Waals surface area contributed by atoms with Crippen LogP contribution in [0.4, 0.5) is 0 Å². The van der Waals surface area contributed by atoms with Gasteiger partial charge >= 0.3 is 0 Å². The average Bonchev–Trinajstić information content (AvgIpc) is 2.32. The number of benzene rings is 1. The van der Waals surface area contributed by atoms with Gasteiger partial charge in [0, 0.05) is 25.2 Å². The molecule has 0 saturated heterocycles. The fourth-order valence-electron chi connectivity index (χ4n) is 2.02. The van der Waals surface area contributed by atoms with Gasteiger partial charge in [0.25, 0.3) is 0 Å². The first kappa shape index (κ1) is 15.0. The average molecular weight is 250 g/mol. The molecule has 0 atom stereocenters. The summed E-state index contributed by atoms with van der Waals surface area (Å²) in [6, 6.07) is 5.98. The van der Waals surface area contributed by atoms with Crippen LogP contribution in [0.25, 0.3) is 0 Å². The molecule has 102 valence electrons. The highest BCUT2D eigenvalue weighted by Gasteiger charge is 2.09. The topological polar surface area (TPSA) is 26.7 Å². The summed E-state index contributed by atoms with van der Waals surface area (Å²) in [5, 5.41) is 10.1. The first-order valence-electron chi connectivity index (χ1n) is 6.69. The third kappa shape index (κ3) is 4.67. The van der Waals surface area contributed by atoms with Crippen LogP contribution >= 0.6 is 0 Å². The molecule has 1 aromatic carbocycles. The van der Waals surface area contributed by atoms with Gasteiger partial charge in [-0.1, -0.05) is 25.1 Å². The van der Waals surface area contributed by atoms with Crippen molar-refractivity contribution in [3.05, 3.63) is 29.3 Å². The van der Waals surface area contributed by atoms with Crippen molar-refractivity contribution in [2.24, 2.45) is 0 Å². The molecule has 0 unspecified atom stereocenters. The number of para-hydroxylation sites is 1. The number of aromatic hydroxyl groups is 1. The summed E-state index contributed by atoms with van der Waals surface area (Å²) in [6.07, 6.45) is 1.14. The highest BCUT2D eigenvalue weighted by Crippen LogP contribution is 2.22. The maximum Gasteiger partial charge on any atom is 0.122 e. The number of likely N-dealkylation sites (N-methyl/N-ethyl adjacent to an activating group) is 1. The van der Waals surface area contributed by atoms with Gasteiger partial charge in [0.1, 0.15) is 5.75 Å². The fraction of sp³-hybridized carbons (Fsp3) is 0.600.